The van der Waals surface area contributed by atoms with Gasteiger partial charge in [0.1, 0.15) is 0 Å². The van der Waals surface area contributed by atoms with Gasteiger partial charge in [0.25, 0.3) is 0 Å². The normalized spacial score (nSPS) is 11.9. The number of hydrogen-bond acceptors (Lipinski definition) is 6. The Morgan fingerprint density at radius 1 is 0.383 bits per heavy atom. The van der Waals surface area contributed by atoms with Crippen molar-refractivity contribution in [3.8, 4) is 11.5 Å². The molecule has 0 amide bonds. The Balaban J connectivity index is 3.61. The predicted molar refractivity (Wildman–Crippen MR) is 262 cm³/mol. The third-order valence-electron chi connectivity index (χ3n) is 11.7. The lowest BCUT2D eigenvalue weighted by Gasteiger charge is -2.19. The first kappa shape index (κ1) is 55.3. The first-order valence-corrected chi connectivity index (χ1v) is 25.9. The van der Waals surface area contributed by atoms with Crippen LogP contribution in [0.5, 0.6) is 11.5 Å². The molecule has 0 atom stereocenters. The molecule has 1 rings (SSSR count). The van der Waals surface area contributed by atoms with Crippen molar-refractivity contribution in [1.29, 1.82) is 0 Å². The Hall–Kier alpha value is -2.76. The van der Waals surface area contributed by atoms with Crippen molar-refractivity contribution in [1.82, 2.24) is 0 Å². The summed E-state index contributed by atoms with van der Waals surface area (Å²) in [6.07, 6.45) is 41.4. The van der Waals surface area contributed by atoms with E-state index >= 15 is 0 Å². The van der Waals surface area contributed by atoms with E-state index in [1.54, 1.807) is 0 Å². The van der Waals surface area contributed by atoms with Crippen molar-refractivity contribution in [3.63, 3.8) is 0 Å². The Morgan fingerprint density at radius 2 is 0.650 bits per heavy atom. The summed E-state index contributed by atoms with van der Waals surface area (Å²) < 4.78 is 13.1. The van der Waals surface area contributed by atoms with Crippen LogP contribution in [0.25, 0.3) is 0 Å². The van der Waals surface area contributed by atoms with Crippen LogP contribution in [0.1, 0.15) is 260 Å². The molecule has 1 aromatic carbocycles. The van der Waals surface area contributed by atoms with Crippen molar-refractivity contribution in [2.45, 2.75) is 260 Å². The zero-order chi connectivity index (χ0) is 43.7. The van der Waals surface area contributed by atoms with Crippen molar-refractivity contribution >= 4 is 22.9 Å². The second-order valence-electron chi connectivity index (χ2n) is 17.5. The minimum atomic E-state index is 0.252. The average Bonchev–Trinajstić information content (AvgIpc) is 3.25. The number of unbranched alkanes of at least 4 members (excludes halogenated alkanes) is 24. The maximum Gasteiger partial charge on any atom is 0.163 e. The first-order valence-electron chi connectivity index (χ1n) is 25.9. The fourth-order valence-corrected chi connectivity index (χ4v) is 7.65. The van der Waals surface area contributed by atoms with Crippen LogP contribution in [-0.2, 0) is 9.59 Å². The number of carbonyl (C=O) groups is 2. The molecule has 0 aliphatic heterocycles. The van der Waals surface area contributed by atoms with Crippen LogP contribution in [0, 0.1) is 0 Å². The highest BCUT2D eigenvalue weighted by atomic mass is 16.5. The van der Waals surface area contributed by atoms with E-state index in [9.17, 15) is 9.59 Å². The van der Waals surface area contributed by atoms with Gasteiger partial charge in [0.15, 0.2) is 23.1 Å². The summed E-state index contributed by atoms with van der Waals surface area (Å²) in [7, 11) is 0. The van der Waals surface area contributed by atoms with Gasteiger partial charge in [-0.15, -0.1) is 0 Å². The monoisotopic (exact) mass is 837 g/mol. The number of ketones is 2. The summed E-state index contributed by atoms with van der Waals surface area (Å²) in [6, 6.07) is 4.11. The quantitative estimate of drug-likeness (QED) is 0.0504. The van der Waals surface area contributed by atoms with E-state index in [1.165, 1.54) is 116 Å². The van der Waals surface area contributed by atoms with Crippen molar-refractivity contribution in [3.05, 3.63) is 35.7 Å². The number of anilines is 2. The molecule has 0 heterocycles. The molecule has 60 heavy (non-hydrogen) atoms. The molecule has 6 nitrogen and oxygen atoms in total. The predicted octanol–water partition coefficient (Wildman–Crippen LogP) is 17.6. The lowest BCUT2D eigenvalue weighted by atomic mass is 9.99. The van der Waals surface area contributed by atoms with Gasteiger partial charge < -0.3 is 20.1 Å². The van der Waals surface area contributed by atoms with Gasteiger partial charge in [-0.3, -0.25) is 9.59 Å². The Bertz CT molecular complexity index is 1160. The van der Waals surface area contributed by atoms with Crippen LogP contribution in [0.2, 0.25) is 0 Å². The molecule has 2 N–H and O–H groups in total. The zero-order valence-corrected chi connectivity index (χ0v) is 40.4. The van der Waals surface area contributed by atoms with Crippen LogP contribution < -0.4 is 20.1 Å². The van der Waals surface area contributed by atoms with Crippen LogP contribution in [0.4, 0.5) is 11.4 Å². The molecule has 346 valence electrons. The number of hydrogen-bond donors (Lipinski definition) is 2. The number of nitrogens with one attached hydrogen (secondary N) is 2. The van der Waals surface area contributed by atoms with Crippen LogP contribution in [0.15, 0.2) is 35.7 Å². The molecule has 0 saturated heterocycles. The minimum Gasteiger partial charge on any atom is -0.490 e. The molecule has 6 heteroatoms. The molecule has 1 aromatic rings. The zero-order valence-electron chi connectivity index (χ0n) is 40.4. The number of Topliss-reactive ketones (excluding diaryl/α,β-unsaturated/α-hetero) is 2. The first-order chi connectivity index (χ1) is 29.4. The number of rotatable bonds is 44. The summed E-state index contributed by atoms with van der Waals surface area (Å²) in [5, 5.41) is 7.21. The second-order valence-corrected chi connectivity index (χ2v) is 17.5. The maximum atomic E-state index is 13.7. The van der Waals surface area contributed by atoms with E-state index in [4.69, 9.17) is 9.47 Å². The van der Waals surface area contributed by atoms with Crippen LogP contribution in [0.3, 0.4) is 0 Å². The van der Waals surface area contributed by atoms with E-state index in [0.717, 1.165) is 124 Å². The number of benzene rings is 1. The Labute approximate surface area is 371 Å². The molecule has 0 aromatic heterocycles. The summed E-state index contributed by atoms with van der Waals surface area (Å²) in [5.74, 6) is 1.97. The SMILES string of the molecule is CCCCCCCCOc1cc(N/C=C(/CCCCCC)C(=O)CCCCCCC)c(N/C=C(/CCCCCC)C(=O)CCCCCCC)cc1OCCCCCCCC. The Kier molecular flexibility index (Phi) is 37.1. The number of allylic oxidation sites excluding steroid dienone is 2. The van der Waals surface area contributed by atoms with Gasteiger partial charge >= 0.3 is 0 Å². The number of ether oxygens (including phenoxy) is 2. The molecule has 0 spiro atoms. The largest absolute Gasteiger partial charge is 0.490 e. The highest BCUT2D eigenvalue weighted by molar-refractivity contribution is 5.96. The van der Waals surface area contributed by atoms with Gasteiger partial charge in [-0.05, 0) is 51.4 Å². The molecule has 0 fully saturated rings. The smallest absolute Gasteiger partial charge is 0.163 e. The lowest BCUT2D eigenvalue weighted by Crippen LogP contribution is -2.09. The molecule has 0 unspecified atom stereocenters. The maximum absolute atomic E-state index is 13.7. The summed E-state index contributed by atoms with van der Waals surface area (Å²) >= 11 is 0. The summed E-state index contributed by atoms with van der Waals surface area (Å²) in [5.41, 5.74) is 3.40. The van der Waals surface area contributed by atoms with E-state index < -0.39 is 0 Å². The van der Waals surface area contributed by atoms with Gasteiger partial charge in [0.05, 0.1) is 24.6 Å². The third-order valence-corrected chi connectivity index (χ3v) is 11.7. The molecular formula is C54H96N2O4. The third kappa shape index (κ3) is 28.7. The summed E-state index contributed by atoms with van der Waals surface area (Å²) in [6.45, 7) is 14.7. The van der Waals surface area contributed by atoms with E-state index in [-0.39, 0.29) is 11.6 Å². The van der Waals surface area contributed by atoms with Crippen molar-refractivity contribution < 1.29 is 19.1 Å². The van der Waals surface area contributed by atoms with E-state index in [2.05, 4.69) is 64.3 Å². The van der Waals surface area contributed by atoms with E-state index in [0.29, 0.717) is 26.1 Å². The van der Waals surface area contributed by atoms with Crippen LogP contribution in [-0.4, -0.2) is 24.8 Å². The fourth-order valence-electron chi connectivity index (χ4n) is 7.65. The lowest BCUT2D eigenvalue weighted by molar-refractivity contribution is -0.116. The second kappa shape index (κ2) is 40.3. The topological polar surface area (TPSA) is 76.7 Å². The highest BCUT2D eigenvalue weighted by Gasteiger charge is 2.16. The van der Waals surface area contributed by atoms with Gasteiger partial charge in [-0.1, -0.05) is 196 Å². The van der Waals surface area contributed by atoms with Crippen molar-refractivity contribution in [2.24, 2.45) is 0 Å². The van der Waals surface area contributed by atoms with Crippen molar-refractivity contribution in [2.75, 3.05) is 23.8 Å². The minimum absolute atomic E-state index is 0.252. The number of carbonyl (C=O) groups excluding carboxylic acids is 2. The molecule has 0 aliphatic carbocycles. The average molecular weight is 837 g/mol. The highest BCUT2D eigenvalue weighted by Crippen LogP contribution is 2.38. The Morgan fingerprint density at radius 3 is 0.983 bits per heavy atom. The van der Waals surface area contributed by atoms with Gasteiger partial charge in [-0.25, -0.2) is 0 Å². The van der Waals surface area contributed by atoms with Gasteiger partial charge in [0.2, 0.25) is 0 Å². The standard InChI is InChI=1S/C54H96N2O4/c1-7-13-19-25-29-35-41-59-53-43-49(55-45-47(37-31-23-17-11-5)51(57)39-33-27-21-15-9-3)50(44-54(53)60-42-36-30-26-20-14-8-2)56-46-48(38-32-24-18-12-6)52(58)40-34-28-22-16-10-4/h43-46,55-56H,7-42H2,1-6H3/b47-45-,48-46-. The summed E-state index contributed by atoms with van der Waals surface area (Å²) in [4.78, 5) is 27.5. The molecule has 0 saturated carbocycles. The van der Waals surface area contributed by atoms with Gasteiger partial charge in [0, 0.05) is 48.5 Å². The molecular weight excluding hydrogens is 741 g/mol. The molecule has 0 radical (unpaired) electrons. The fraction of sp³-hybridized carbons (Fsp3) is 0.778. The molecule has 0 aliphatic rings. The van der Waals surface area contributed by atoms with Crippen LogP contribution >= 0.6 is 0 Å². The van der Waals surface area contributed by atoms with Gasteiger partial charge in [-0.2, -0.15) is 0 Å². The molecule has 0 bridgehead atoms. The van der Waals surface area contributed by atoms with E-state index in [1.807, 2.05) is 12.4 Å².